The molecule has 0 radical (unpaired) electrons. The van der Waals surface area contributed by atoms with Crippen molar-refractivity contribution in [2.45, 2.75) is 56.6 Å². The molecule has 4 N–H and O–H groups in total. The predicted molar refractivity (Wildman–Crippen MR) is 115 cm³/mol. The van der Waals surface area contributed by atoms with Crippen molar-refractivity contribution in [2.75, 3.05) is 24.7 Å². The fourth-order valence-corrected chi connectivity index (χ4v) is 5.29. The van der Waals surface area contributed by atoms with Crippen molar-refractivity contribution < 1.29 is 50.3 Å². The zero-order valence-corrected chi connectivity index (χ0v) is 19.9. The standard InChI is InChI=1S/C20H27F3N4O8S/c21-20(22,23)35-7-15(28)13(6-11-3-4-24-16(11)29)26-17(30)14(5-10-1-2-10)27-19(32)18(31)25-12-8-36(33,34)9-12/h10-14H,1-9H2,(H,24,29)(H,25,31)(H,26,30)(H,27,32)/t11-,13?,14?/m0/s1. The first-order chi connectivity index (χ1) is 16.7. The summed E-state index contributed by atoms with van der Waals surface area (Å²) in [5, 5.41) is 9.34. The van der Waals surface area contributed by atoms with E-state index in [4.69, 9.17) is 0 Å². The van der Waals surface area contributed by atoms with Crippen molar-refractivity contribution in [2.24, 2.45) is 11.8 Å². The van der Waals surface area contributed by atoms with Crippen LogP contribution in [0.25, 0.3) is 0 Å². The van der Waals surface area contributed by atoms with Gasteiger partial charge in [-0.2, -0.15) is 0 Å². The van der Waals surface area contributed by atoms with Gasteiger partial charge in [-0.05, 0) is 25.2 Å². The number of hydrogen-bond donors (Lipinski definition) is 4. The van der Waals surface area contributed by atoms with E-state index in [0.29, 0.717) is 13.0 Å². The Kier molecular flexibility index (Phi) is 8.59. The van der Waals surface area contributed by atoms with Crippen LogP contribution in [0.2, 0.25) is 0 Å². The number of hydrogen-bond acceptors (Lipinski definition) is 8. The van der Waals surface area contributed by atoms with E-state index >= 15 is 0 Å². The van der Waals surface area contributed by atoms with E-state index in [0.717, 1.165) is 12.8 Å². The Morgan fingerprint density at radius 3 is 2.19 bits per heavy atom. The predicted octanol–water partition coefficient (Wildman–Crippen LogP) is -1.70. The fraction of sp³-hybridized carbons (Fsp3) is 0.750. The van der Waals surface area contributed by atoms with Crippen molar-refractivity contribution in [3.8, 4) is 0 Å². The molecule has 2 aliphatic heterocycles. The van der Waals surface area contributed by atoms with E-state index in [1.807, 2.05) is 0 Å². The van der Waals surface area contributed by atoms with Gasteiger partial charge in [0, 0.05) is 12.5 Å². The molecule has 1 aliphatic carbocycles. The van der Waals surface area contributed by atoms with Gasteiger partial charge in [-0.25, -0.2) is 8.42 Å². The number of carbonyl (C=O) groups excluding carboxylic acids is 5. The molecule has 0 aromatic heterocycles. The number of rotatable bonds is 11. The SMILES string of the molecule is O=C(NC1CS(=O)(=O)C1)C(=O)NC(CC1CC1)C(=O)NC(C[C@@H]1CCNC1=O)C(=O)COC(F)(F)F. The molecule has 3 fully saturated rings. The summed E-state index contributed by atoms with van der Waals surface area (Å²) >= 11 is 0. The van der Waals surface area contributed by atoms with Gasteiger partial charge in [0.2, 0.25) is 11.8 Å². The molecule has 3 atom stereocenters. The first-order valence-electron chi connectivity index (χ1n) is 11.4. The van der Waals surface area contributed by atoms with Crippen LogP contribution in [0.15, 0.2) is 0 Å². The Hall–Kier alpha value is -2.75. The van der Waals surface area contributed by atoms with Gasteiger partial charge in [-0.1, -0.05) is 12.8 Å². The molecule has 0 spiro atoms. The van der Waals surface area contributed by atoms with E-state index < -0.39 is 76.3 Å². The van der Waals surface area contributed by atoms with Gasteiger partial charge in [0.05, 0.1) is 23.6 Å². The third kappa shape index (κ3) is 8.43. The lowest BCUT2D eigenvalue weighted by Crippen LogP contribution is -2.58. The van der Waals surface area contributed by atoms with Crippen LogP contribution < -0.4 is 21.3 Å². The van der Waals surface area contributed by atoms with Crippen molar-refractivity contribution >= 4 is 39.2 Å². The van der Waals surface area contributed by atoms with Crippen LogP contribution in [0, 0.1) is 11.8 Å². The van der Waals surface area contributed by atoms with Crippen LogP contribution in [0.3, 0.4) is 0 Å². The van der Waals surface area contributed by atoms with Crippen LogP contribution in [-0.2, 0) is 38.5 Å². The van der Waals surface area contributed by atoms with E-state index in [9.17, 15) is 45.6 Å². The Balaban J connectivity index is 1.63. The average molecular weight is 541 g/mol. The molecule has 4 amide bonds. The lowest BCUT2D eigenvalue weighted by Gasteiger charge is -2.27. The smallest absolute Gasteiger partial charge is 0.356 e. The zero-order chi connectivity index (χ0) is 26.7. The number of sulfone groups is 1. The zero-order valence-electron chi connectivity index (χ0n) is 19.1. The maximum atomic E-state index is 13.0. The van der Waals surface area contributed by atoms with E-state index in [1.54, 1.807) is 0 Å². The van der Waals surface area contributed by atoms with Crippen LogP contribution in [0.5, 0.6) is 0 Å². The summed E-state index contributed by atoms with van der Waals surface area (Å²) in [5.41, 5.74) is 0. The fourth-order valence-electron chi connectivity index (χ4n) is 3.99. The minimum atomic E-state index is -5.08. The molecule has 3 rings (SSSR count). The Morgan fingerprint density at radius 2 is 1.67 bits per heavy atom. The molecule has 12 nitrogen and oxygen atoms in total. The first-order valence-corrected chi connectivity index (χ1v) is 13.2. The monoisotopic (exact) mass is 540 g/mol. The van der Waals surface area contributed by atoms with Gasteiger partial charge in [-0.3, -0.25) is 28.7 Å². The summed E-state index contributed by atoms with van der Waals surface area (Å²) in [6, 6.07) is -3.50. The van der Waals surface area contributed by atoms with Gasteiger partial charge in [0.25, 0.3) is 0 Å². The molecule has 0 bridgehead atoms. The van der Waals surface area contributed by atoms with Gasteiger partial charge >= 0.3 is 18.2 Å². The summed E-state index contributed by atoms with van der Waals surface area (Å²) in [6.07, 6.45) is -3.39. The number of amides is 4. The Morgan fingerprint density at radius 1 is 1.00 bits per heavy atom. The van der Waals surface area contributed by atoms with E-state index in [1.165, 1.54) is 0 Å². The summed E-state index contributed by atoms with van der Waals surface area (Å²) in [4.78, 5) is 61.8. The second-order valence-corrected chi connectivity index (χ2v) is 11.4. The summed E-state index contributed by atoms with van der Waals surface area (Å²) in [7, 11) is -3.25. The summed E-state index contributed by atoms with van der Waals surface area (Å²) in [6.45, 7) is -1.07. The number of alkyl halides is 3. The third-order valence-electron chi connectivity index (χ3n) is 6.11. The van der Waals surface area contributed by atoms with Crippen molar-refractivity contribution in [1.82, 2.24) is 21.3 Å². The first kappa shape index (κ1) is 27.8. The van der Waals surface area contributed by atoms with Crippen LogP contribution in [-0.4, -0.2) is 87.0 Å². The second kappa shape index (κ2) is 11.1. The van der Waals surface area contributed by atoms with Gasteiger partial charge in [0.1, 0.15) is 12.6 Å². The quantitative estimate of drug-likeness (QED) is 0.224. The minimum absolute atomic E-state index is 0.0595. The number of nitrogens with one attached hydrogen (secondary N) is 4. The number of Topliss-reactive ketones (excluding diaryl/α,β-unsaturated/α-hetero) is 1. The topological polar surface area (TPSA) is 177 Å². The normalized spacial score (nSPS) is 23.1. The Labute approximate surface area is 204 Å². The molecule has 1 saturated carbocycles. The molecule has 16 heteroatoms. The molecule has 202 valence electrons. The maximum Gasteiger partial charge on any atom is 0.522 e. The highest BCUT2D eigenvalue weighted by Gasteiger charge is 2.39. The van der Waals surface area contributed by atoms with Crippen molar-refractivity contribution in [3.05, 3.63) is 0 Å². The molecule has 0 aromatic rings. The average Bonchev–Trinajstić information content (AvgIpc) is 3.48. The molecule has 0 aromatic carbocycles. The number of halogens is 3. The van der Waals surface area contributed by atoms with Crippen LogP contribution in [0.4, 0.5) is 13.2 Å². The molecular weight excluding hydrogens is 513 g/mol. The largest absolute Gasteiger partial charge is 0.522 e. The number of ketones is 1. The number of ether oxygens (including phenoxy) is 1. The van der Waals surface area contributed by atoms with Gasteiger partial charge < -0.3 is 21.3 Å². The third-order valence-corrected chi connectivity index (χ3v) is 7.93. The van der Waals surface area contributed by atoms with Gasteiger partial charge in [0.15, 0.2) is 15.6 Å². The highest BCUT2D eigenvalue weighted by molar-refractivity contribution is 7.92. The summed E-state index contributed by atoms with van der Waals surface area (Å²) < 4.78 is 63.3. The summed E-state index contributed by atoms with van der Waals surface area (Å²) in [5.74, 6) is -6.03. The van der Waals surface area contributed by atoms with Crippen molar-refractivity contribution in [1.29, 1.82) is 0 Å². The molecular formula is C20H27F3N4O8S. The van der Waals surface area contributed by atoms with E-state index in [-0.39, 0.29) is 30.3 Å². The molecule has 2 heterocycles. The number of carbonyl (C=O) groups is 5. The molecule has 2 unspecified atom stereocenters. The maximum absolute atomic E-state index is 13.0. The molecule has 36 heavy (non-hydrogen) atoms. The Bertz CT molecular complexity index is 1000. The lowest BCUT2D eigenvalue weighted by atomic mass is 9.95. The highest BCUT2D eigenvalue weighted by atomic mass is 32.2. The second-order valence-electron chi connectivity index (χ2n) is 9.23. The molecule has 2 saturated heterocycles. The van der Waals surface area contributed by atoms with Gasteiger partial charge in [-0.15, -0.1) is 13.2 Å². The van der Waals surface area contributed by atoms with Crippen LogP contribution >= 0.6 is 0 Å². The minimum Gasteiger partial charge on any atom is -0.356 e. The van der Waals surface area contributed by atoms with E-state index in [2.05, 4.69) is 26.0 Å². The lowest BCUT2D eigenvalue weighted by molar-refractivity contribution is -0.321. The van der Waals surface area contributed by atoms with Crippen molar-refractivity contribution in [3.63, 3.8) is 0 Å². The highest BCUT2D eigenvalue weighted by Crippen LogP contribution is 2.33. The molecule has 3 aliphatic rings. The van der Waals surface area contributed by atoms with Crippen LogP contribution in [0.1, 0.15) is 32.1 Å².